The van der Waals surface area contributed by atoms with Crippen molar-refractivity contribution in [2.45, 2.75) is 33.6 Å². The average molecular weight is 340 g/mol. The maximum atomic E-state index is 12.0. The van der Waals surface area contributed by atoms with E-state index in [0.29, 0.717) is 12.1 Å². The molecule has 0 saturated carbocycles. The molecule has 0 aromatic carbocycles. The first-order valence-corrected chi connectivity index (χ1v) is 7.98. The molecule has 0 saturated heterocycles. The third kappa shape index (κ3) is 6.60. The van der Waals surface area contributed by atoms with Gasteiger partial charge in [0.15, 0.2) is 12.4 Å². The molecule has 0 atom stereocenters. The largest absolute Gasteiger partial charge is 0.456 e. The standard InChI is InChI=1S/C15H20N2O5S/c1-4-16-15(21)17-13(19)8-22-14(20)6-5-12(18)11-7-9(2)23-10(11)3/h7H,4-6,8H2,1-3H3,(H2,16,17,19,21). The molecule has 0 aliphatic rings. The van der Waals surface area contributed by atoms with Gasteiger partial charge in [-0.3, -0.25) is 19.7 Å². The Labute approximate surface area is 138 Å². The van der Waals surface area contributed by atoms with Gasteiger partial charge in [0.2, 0.25) is 0 Å². The average Bonchev–Trinajstić information content (AvgIpc) is 2.81. The van der Waals surface area contributed by atoms with Crippen LogP contribution in [0.3, 0.4) is 0 Å². The van der Waals surface area contributed by atoms with E-state index in [1.165, 1.54) is 11.3 Å². The molecule has 1 heterocycles. The Bertz CT molecular complexity index is 609. The van der Waals surface area contributed by atoms with Gasteiger partial charge in [0.05, 0.1) is 6.42 Å². The molecule has 0 radical (unpaired) electrons. The first kappa shape index (κ1) is 18.8. The van der Waals surface area contributed by atoms with Gasteiger partial charge in [-0.05, 0) is 26.8 Å². The molecule has 0 spiro atoms. The molecular formula is C15H20N2O5S. The topological polar surface area (TPSA) is 102 Å². The fraction of sp³-hybridized carbons (Fsp3) is 0.467. The van der Waals surface area contributed by atoms with E-state index in [-0.39, 0.29) is 18.6 Å². The number of esters is 1. The quantitative estimate of drug-likeness (QED) is 0.581. The van der Waals surface area contributed by atoms with E-state index in [4.69, 9.17) is 4.74 Å². The van der Waals surface area contributed by atoms with Crippen molar-refractivity contribution >= 4 is 35.0 Å². The Balaban J connectivity index is 2.32. The minimum atomic E-state index is -0.722. The lowest BCUT2D eigenvalue weighted by atomic mass is 10.1. The highest BCUT2D eigenvalue weighted by atomic mass is 32.1. The maximum Gasteiger partial charge on any atom is 0.321 e. The monoisotopic (exact) mass is 340 g/mol. The van der Waals surface area contributed by atoms with Gasteiger partial charge in [0.25, 0.3) is 5.91 Å². The molecular weight excluding hydrogens is 320 g/mol. The van der Waals surface area contributed by atoms with Crippen molar-refractivity contribution in [2.24, 2.45) is 0 Å². The first-order valence-electron chi connectivity index (χ1n) is 7.17. The van der Waals surface area contributed by atoms with Crippen molar-refractivity contribution in [3.05, 3.63) is 21.4 Å². The summed E-state index contributed by atoms with van der Waals surface area (Å²) in [5.74, 6) is -1.51. The summed E-state index contributed by atoms with van der Waals surface area (Å²) < 4.78 is 4.72. The fourth-order valence-corrected chi connectivity index (χ4v) is 2.79. The lowest BCUT2D eigenvalue weighted by molar-refractivity contribution is -0.148. The molecule has 1 rings (SSSR count). The van der Waals surface area contributed by atoms with E-state index in [2.05, 4.69) is 5.32 Å². The second kappa shape index (κ2) is 9.04. The van der Waals surface area contributed by atoms with Gasteiger partial charge in [-0.15, -0.1) is 11.3 Å². The molecule has 0 fully saturated rings. The van der Waals surface area contributed by atoms with Crippen LogP contribution in [0.4, 0.5) is 4.79 Å². The summed E-state index contributed by atoms with van der Waals surface area (Å²) in [4.78, 5) is 47.9. The number of urea groups is 1. The summed E-state index contributed by atoms with van der Waals surface area (Å²) in [5.41, 5.74) is 0.620. The van der Waals surface area contributed by atoms with E-state index in [1.54, 1.807) is 13.0 Å². The summed E-state index contributed by atoms with van der Waals surface area (Å²) in [5, 5.41) is 4.38. The molecule has 1 aromatic heterocycles. The van der Waals surface area contributed by atoms with Crippen LogP contribution in [-0.2, 0) is 14.3 Å². The number of carbonyl (C=O) groups is 4. The Hall–Kier alpha value is -2.22. The van der Waals surface area contributed by atoms with E-state index >= 15 is 0 Å². The van der Waals surface area contributed by atoms with Crippen LogP contribution in [0.5, 0.6) is 0 Å². The van der Waals surface area contributed by atoms with E-state index in [0.717, 1.165) is 9.75 Å². The fourth-order valence-electron chi connectivity index (χ4n) is 1.84. The molecule has 23 heavy (non-hydrogen) atoms. The van der Waals surface area contributed by atoms with E-state index in [9.17, 15) is 19.2 Å². The second-order valence-corrected chi connectivity index (χ2v) is 6.28. The zero-order chi connectivity index (χ0) is 17.4. The summed E-state index contributed by atoms with van der Waals surface area (Å²) in [7, 11) is 0. The predicted octanol–water partition coefficient (Wildman–Crippen LogP) is 1.72. The lowest BCUT2D eigenvalue weighted by Crippen LogP contribution is -2.41. The number of thiophene rings is 1. The van der Waals surface area contributed by atoms with Crippen LogP contribution in [0.2, 0.25) is 0 Å². The Morgan fingerprint density at radius 2 is 1.87 bits per heavy atom. The summed E-state index contributed by atoms with van der Waals surface area (Å²) in [6.45, 7) is 5.30. The number of hydrogen-bond acceptors (Lipinski definition) is 6. The normalized spacial score (nSPS) is 10.0. The molecule has 0 aliphatic heterocycles. The van der Waals surface area contributed by atoms with Crippen molar-refractivity contribution in [3.63, 3.8) is 0 Å². The number of amides is 3. The number of aryl methyl sites for hydroxylation is 2. The van der Waals surface area contributed by atoms with Crippen LogP contribution in [-0.4, -0.2) is 36.8 Å². The van der Waals surface area contributed by atoms with Crippen LogP contribution >= 0.6 is 11.3 Å². The second-order valence-electron chi connectivity index (χ2n) is 4.82. The van der Waals surface area contributed by atoms with Crippen LogP contribution < -0.4 is 10.6 Å². The summed E-state index contributed by atoms with van der Waals surface area (Å²) in [6.07, 6.45) is -0.0879. The van der Waals surface area contributed by atoms with Gasteiger partial charge in [0.1, 0.15) is 0 Å². The number of ketones is 1. The molecule has 0 bridgehead atoms. The van der Waals surface area contributed by atoms with Gasteiger partial charge in [-0.1, -0.05) is 0 Å². The van der Waals surface area contributed by atoms with Crippen LogP contribution in [0.15, 0.2) is 6.07 Å². The minimum Gasteiger partial charge on any atom is -0.456 e. The van der Waals surface area contributed by atoms with Crippen molar-refractivity contribution in [2.75, 3.05) is 13.2 Å². The lowest BCUT2D eigenvalue weighted by Gasteiger charge is -2.06. The number of ether oxygens (including phenoxy) is 1. The van der Waals surface area contributed by atoms with Crippen molar-refractivity contribution in [1.82, 2.24) is 10.6 Å². The molecule has 0 aliphatic carbocycles. The van der Waals surface area contributed by atoms with E-state index in [1.807, 2.05) is 19.2 Å². The van der Waals surface area contributed by atoms with Crippen molar-refractivity contribution in [3.8, 4) is 0 Å². The van der Waals surface area contributed by atoms with Gasteiger partial charge in [-0.25, -0.2) is 4.79 Å². The summed E-state index contributed by atoms with van der Waals surface area (Å²) >= 11 is 1.53. The number of rotatable bonds is 7. The molecule has 8 heteroatoms. The molecule has 7 nitrogen and oxygen atoms in total. The minimum absolute atomic E-state index is 0.0216. The zero-order valence-corrected chi connectivity index (χ0v) is 14.2. The van der Waals surface area contributed by atoms with Gasteiger partial charge < -0.3 is 10.1 Å². The Kier molecular flexibility index (Phi) is 7.40. The Morgan fingerprint density at radius 3 is 2.43 bits per heavy atom. The zero-order valence-electron chi connectivity index (χ0n) is 13.4. The van der Waals surface area contributed by atoms with Crippen LogP contribution in [0.25, 0.3) is 0 Å². The third-order valence-electron chi connectivity index (χ3n) is 2.85. The van der Waals surface area contributed by atoms with Gasteiger partial charge in [-0.2, -0.15) is 0 Å². The Morgan fingerprint density at radius 1 is 1.17 bits per heavy atom. The van der Waals surface area contributed by atoms with Crippen molar-refractivity contribution in [1.29, 1.82) is 0 Å². The van der Waals surface area contributed by atoms with Crippen molar-refractivity contribution < 1.29 is 23.9 Å². The number of nitrogens with one attached hydrogen (secondary N) is 2. The molecule has 126 valence electrons. The highest BCUT2D eigenvalue weighted by Gasteiger charge is 2.15. The number of imide groups is 1. The number of hydrogen-bond donors (Lipinski definition) is 2. The smallest absolute Gasteiger partial charge is 0.321 e. The highest BCUT2D eigenvalue weighted by Crippen LogP contribution is 2.22. The van der Waals surface area contributed by atoms with Gasteiger partial charge in [0, 0.05) is 28.3 Å². The molecule has 0 unspecified atom stereocenters. The van der Waals surface area contributed by atoms with Crippen LogP contribution in [0, 0.1) is 13.8 Å². The molecule has 2 N–H and O–H groups in total. The highest BCUT2D eigenvalue weighted by molar-refractivity contribution is 7.12. The SMILES string of the molecule is CCNC(=O)NC(=O)COC(=O)CCC(=O)c1cc(C)sc1C. The molecule has 3 amide bonds. The van der Waals surface area contributed by atoms with Gasteiger partial charge >= 0.3 is 12.0 Å². The maximum absolute atomic E-state index is 12.0. The van der Waals surface area contributed by atoms with E-state index < -0.39 is 24.5 Å². The first-order chi connectivity index (χ1) is 10.8. The third-order valence-corrected chi connectivity index (χ3v) is 3.82. The predicted molar refractivity (Wildman–Crippen MR) is 85.5 cm³/mol. The number of Topliss-reactive ketones (excluding diaryl/α,β-unsaturated/α-hetero) is 1. The number of carbonyl (C=O) groups excluding carboxylic acids is 4. The van der Waals surface area contributed by atoms with Crippen LogP contribution in [0.1, 0.15) is 39.9 Å². The summed E-state index contributed by atoms with van der Waals surface area (Å²) in [6, 6.07) is 1.15. The molecule has 1 aromatic rings.